The average Bonchev–Trinajstić information content (AvgIpc) is 3.90. The molecule has 0 N–H and O–H groups in total. The van der Waals surface area contributed by atoms with Crippen LogP contribution in [-0.4, -0.2) is 13.4 Å². The molecule has 70 heavy (non-hydrogen) atoms. The summed E-state index contributed by atoms with van der Waals surface area (Å²) in [6, 6.07) is 82.6. The van der Waals surface area contributed by atoms with E-state index in [4.69, 9.17) is 0 Å². The van der Waals surface area contributed by atoms with Crippen molar-refractivity contribution in [3.05, 3.63) is 230 Å². The lowest BCUT2D eigenvalue weighted by molar-refractivity contribution is 1.29. The zero-order chi connectivity index (χ0) is 45.9. The van der Waals surface area contributed by atoms with Gasteiger partial charge in [0.2, 0.25) is 13.4 Å². The van der Waals surface area contributed by atoms with Crippen LogP contribution in [0, 0.1) is 13.8 Å². The van der Waals surface area contributed by atoms with Gasteiger partial charge in [-0.25, -0.2) is 0 Å². The van der Waals surface area contributed by atoms with Crippen LogP contribution in [0.15, 0.2) is 218 Å². The predicted octanol–water partition coefficient (Wildman–Crippen LogP) is 13.1. The number of hydrogen-bond acceptors (Lipinski definition) is 2. The standard InChI is InChI=1S/C66H42B2N2/c1-39-23-29-57-51(31-39)56-38-48(70(45-19-11-5-12-20-45)46-21-13-6-14-22-46)37-55-50-28-25-42-34-59-63-49(27-24-41-35-60(67(57)66(55)56)64(50)62(42)61(41)63)53-32-40(2)33-54-52-36-47(26-30-58(52)68(59)65(53)54)69(43-15-7-3-8-16-43)44-17-9-4-10-18-44/h3-38H,1-2H3. The van der Waals surface area contributed by atoms with Crippen LogP contribution in [0.3, 0.4) is 0 Å². The first kappa shape index (κ1) is 38.4. The molecule has 322 valence electrons. The van der Waals surface area contributed by atoms with E-state index in [1.807, 2.05) is 0 Å². The maximum atomic E-state index is 2.59. The molecule has 0 radical (unpaired) electrons. The molecule has 0 bridgehead atoms. The summed E-state index contributed by atoms with van der Waals surface area (Å²) in [5.41, 5.74) is 28.8. The Morgan fingerprint density at radius 1 is 0.257 bits per heavy atom. The van der Waals surface area contributed by atoms with Crippen molar-refractivity contribution < 1.29 is 0 Å². The molecular weight excluding hydrogens is 842 g/mol. The lowest BCUT2D eigenvalue weighted by atomic mass is 9.34. The second-order valence-corrected chi connectivity index (χ2v) is 20.1. The molecule has 4 heteroatoms. The minimum Gasteiger partial charge on any atom is -0.310 e. The van der Waals surface area contributed by atoms with Gasteiger partial charge >= 0.3 is 0 Å². The minimum absolute atomic E-state index is 0.128. The van der Waals surface area contributed by atoms with E-state index in [0.717, 1.165) is 28.4 Å². The molecule has 0 saturated heterocycles. The smallest absolute Gasteiger partial charge is 0.244 e. The summed E-state index contributed by atoms with van der Waals surface area (Å²) in [5, 5.41) is 8.28. The first-order valence-corrected chi connectivity index (χ1v) is 24.7. The summed E-state index contributed by atoms with van der Waals surface area (Å²) in [6.45, 7) is 4.78. The van der Waals surface area contributed by atoms with Crippen LogP contribution < -0.4 is 42.6 Å². The third-order valence-electron chi connectivity index (χ3n) is 16.2. The second-order valence-electron chi connectivity index (χ2n) is 20.1. The monoisotopic (exact) mass is 884 g/mol. The third-order valence-corrected chi connectivity index (χ3v) is 16.2. The van der Waals surface area contributed by atoms with Crippen LogP contribution in [0.5, 0.6) is 0 Å². The van der Waals surface area contributed by atoms with Crippen molar-refractivity contribution in [1.82, 2.24) is 0 Å². The quantitative estimate of drug-likeness (QED) is 0.121. The van der Waals surface area contributed by atoms with E-state index >= 15 is 0 Å². The van der Waals surface area contributed by atoms with Gasteiger partial charge in [0.05, 0.1) is 0 Å². The number of benzene rings is 12. The molecule has 0 amide bonds. The van der Waals surface area contributed by atoms with E-state index in [9.17, 15) is 0 Å². The number of para-hydroxylation sites is 4. The lowest BCUT2D eigenvalue weighted by Gasteiger charge is -2.32. The number of rotatable bonds is 6. The summed E-state index contributed by atoms with van der Waals surface area (Å²) >= 11 is 0. The van der Waals surface area contributed by atoms with Crippen LogP contribution in [0.1, 0.15) is 11.1 Å². The van der Waals surface area contributed by atoms with Crippen molar-refractivity contribution in [3.8, 4) is 44.5 Å². The van der Waals surface area contributed by atoms with Crippen LogP contribution in [-0.2, 0) is 0 Å². The number of anilines is 6. The molecule has 0 unspecified atom stereocenters. The van der Waals surface area contributed by atoms with Gasteiger partial charge in [0.1, 0.15) is 0 Å². The number of hydrogen-bond donors (Lipinski definition) is 0. The number of aryl methyl sites for hydroxylation is 2. The highest BCUT2D eigenvalue weighted by Crippen LogP contribution is 2.49. The van der Waals surface area contributed by atoms with Crippen molar-refractivity contribution in [2.75, 3.05) is 9.80 Å². The maximum Gasteiger partial charge on any atom is 0.244 e. The molecule has 12 aromatic rings. The van der Waals surface area contributed by atoms with E-state index in [-0.39, 0.29) is 13.4 Å². The average molecular weight is 885 g/mol. The van der Waals surface area contributed by atoms with Crippen molar-refractivity contribution in [1.29, 1.82) is 0 Å². The molecule has 0 atom stereocenters. The van der Waals surface area contributed by atoms with E-state index in [2.05, 4.69) is 242 Å². The van der Waals surface area contributed by atoms with Crippen LogP contribution in [0.4, 0.5) is 34.1 Å². The Morgan fingerprint density at radius 2 is 0.643 bits per heavy atom. The van der Waals surface area contributed by atoms with Gasteiger partial charge in [-0.15, -0.1) is 0 Å². The molecule has 4 aliphatic rings. The largest absolute Gasteiger partial charge is 0.310 e. The first-order chi connectivity index (χ1) is 34.6. The summed E-state index contributed by atoms with van der Waals surface area (Å²) in [6.07, 6.45) is 0. The zero-order valence-electron chi connectivity index (χ0n) is 38.8. The van der Waals surface area contributed by atoms with Gasteiger partial charge < -0.3 is 9.80 Å². The van der Waals surface area contributed by atoms with Gasteiger partial charge in [-0.2, -0.15) is 0 Å². The highest BCUT2D eigenvalue weighted by Gasteiger charge is 2.44. The zero-order valence-corrected chi connectivity index (χ0v) is 38.8. The van der Waals surface area contributed by atoms with Crippen LogP contribution in [0.2, 0.25) is 0 Å². The van der Waals surface area contributed by atoms with Crippen molar-refractivity contribution in [2.45, 2.75) is 13.8 Å². The topological polar surface area (TPSA) is 6.48 Å². The summed E-state index contributed by atoms with van der Waals surface area (Å²) in [7, 11) is 0. The van der Waals surface area contributed by atoms with Gasteiger partial charge in [-0.1, -0.05) is 184 Å². The Morgan fingerprint density at radius 3 is 1.14 bits per heavy atom. The second kappa shape index (κ2) is 14.0. The fourth-order valence-electron chi connectivity index (χ4n) is 13.6. The van der Waals surface area contributed by atoms with Crippen LogP contribution >= 0.6 is 0 Å². The molecule has 0 saturated carbocycles. The molecule has 12 aromatic carbocycles. The van der Waals surface area contributed by atoms with E-state index in [1.165, 1.54) is 126 Å². The van der Waals surface area contributed by atoms with Crippen molar-refractivity contribution >= 4 is 113 Å². The van der Waals surface area contributed by atoms with Gasteiger partial charge in [0, 0.05) is 34.1 Å². The summed E-state index contributed by atoms with van der Waals surface area (Å²) < 4.78 is 0. The van der Waals surface area contributed by atoms with E-state index < -0.39 is 0 Å². The lowest BCUT2D eigenvalue weighted by Crippen LogP contribution is -2.52. The normalized spacial score (nSPS) is 12.9. The molecular formula is C66H42B2N2. The van der Waals surface area contributed by atoms with Crippen LogP contribution in [0.25, 0.3) is 76.8 Å². The van der Waals surface area contributed by atoms with E-state index in [0.29, 0.717) is 0 Å². The van der Waals surface area contributed by atoms with Gasteiger partial charge in [0.25, 0.3) is 0 Å². The highest BCUT2D eigenvalue weighted by atomic mass is 15.1. The molecule has 0 fully saturated rings. The van der Waals surface area contributed by atoms with E-state index in [1.54, 1.807) is 0 Å². The SMILES string of the molecule is Cc1ccc2c(c1)-c1cc(N(c3ccccc3)c3ccccc3)cc3c1B2c1cc2ccc4c5c(cc6ccc-3c1c6c25)B1c2ccc(N(c3ccccc3)c3ccccc3)cc2-c2cc(C)cc-4c21. The third kappa shape index (κ3) is 5.10. The molecule has 0 aromatic heterocycles. The maximum absolute atomic E-state index is 2.59. The Kier molecular flexibility index (Phi) is 7.68. The van der Waals surface area contributed by atoms with Crippen molar-refractivity contribution in [2.24, 2.45) is 0 Å². The molecule has 16 rings (SSSR count). The molecule has 4 aliphatic heterocycles. The van der Waals surface area contributed by atoms with Gasteiger partial charge in [0.15, 0.2) is 0 Å². The molecule has 0 spiro atoms. The van der Waals surface area contributed by atoms with Gasteiger partial charge in [-0.3, -0.25) is 0 Å². The minimum atomic E-state index is 0.128. The Labute approximate surface area is 408 Å². The highest BCUT2D eigenvalue weighted by molar-refractivity contribution is 7.03. The number of nitrogens with zero attached hydrogens (tertiary/aromatic N) is 2. The van der Waals surface area contributed by atoms with Gasteiger partial charge in [-0.05, 0) is 169 Å². The predicted molar refractivity (Wildman–Crippen MR) is 300 cm³/mol. The molecule has 2 nitrogen and oxygen atoms in total. The van der Waals surface area contributed by atoms with Crippen molar-refractivity contribution in [3.63, 3.8) is 0 Å². The fourth-order valence-corrected chi connectivity index (χ4v) is 13.6. The Hall–Kier alpha value is -8.59. The molecule has 4 heterocycles. The summed E-state index contributed by atoms with van der Waals surface area (Å²) in [5.74, 6) is 0. The summed E-state index contributed by atoms with van der Waals surface area (Å²) in [4.78, 5) is 4.83. The fraction of sp³-hybridized carbons (Fsp3) is 0.0303. The Bertz CT molecular complexity index is 4130. The Balaban J connectivity index is 0.951. The first-order valence-electron chi connectivity index (χ1n) is 24.7. The number of fused-ring (bicyclic) bond motifs is 10. The molecule has 0 aliphatic carbocycles.